The Bertz CT molecular complexity index is 845. The number of carbonyl (C=O) groups is 2. The Kier molecular flexibility index (Phi) is 4.81. The molecule has 1 N–H and O–H groups in total. The molecule has 0 saturated carbocycles. The Labute approximate surface area is 169 Å². The molecule has 0 aliphatic carbocycles. The number of halogens is 1. The summed E-state index contributed by atoms with van der Waals surface area (Å²) >= 11 is 6.27. The number of rotatable bonds is 3. The number of hydrogen-bond acceptors (Lipinski definition) is 6. The summed E-state index contributed by atoms with van der Waals surface area (Å²) in [4.78, 5) is 31.5. The molecule has 2 saturated heterocycles. The van der Waals surface area contributed by atoms with Gasteiger partial charge in [0.25, 0.3) is 5.91 Å². The summed E-state index contributed by atoms with van der Waals surface area (Å²) in [5, 5.41) is 10.6. The van der Waals surface area contributed by atoms with E-state index in [0.29, 0.717) is 11.6 Å². The Morgan fingerprint density at radius 1 is 1.25 bits per heavy atom. The van der Waals surface area contributed by atoms with E-state index in [1.165, 1.54) is 4.90 Å². The molecule has 4 rings (SSSR count). The molecule has 3 aliphatic rings. The zero-order valence-electron chi connectivity index (χ0n) is 16.5. The molecule has 0 radical (unpaired) electrons. The minimum Gasteiger partial charge on any atom is -0.310 e. The van der Waals surface area contributed by atoms with Crippen molar-refractivity contribution in [1.82, 2.24) is 25.0 Å². The zero-order chi connectivity index (χ0) is 20.2. The van der Waals surface area contributed by atoms with Gasteiger partial charge >= 0.3 is 6.03 Å². The van der Waals surface area contributed by atoms with Crippen LogP contribution in [0.5, 0.6) is 0 Å². The van der Waals surface area contributed by atoms with Crippen molar-refractivity contribution in [3.8, 4) is 0 Å². The molecule has 3 heterocycles. The molecule has 4 unspecified atom stereocenters. The van der Waals surface area contributed by atoms with Crippen LogP contribution in [0.1, 0.15) is 26.3 Å². The lowest BCUT2D eigenvalue weighted by Crippen LogP contribution is -2.67. The molecule has 3 amide bonds. The molecule has 1 aromatic rings. The predicted molar refractivity (Wildman–Crippen MR) is 106 cm³/mol. The van der Waals surface area contributed by atoms with Gasteiger partial charge in [0.2, 0.25) is 0 Å². The number of imide groups is 1. The van der Waals surface area contributed by atoms with E-state index >= 15 is 0 Å². The second-order valence-corrected chi connectivity index (χ2v) is 7.87. The lowest BCUT2D eigenvalue weighted by molar-refractivity contribution is -0.140. The third-order valence-corrected chi connectivity index (χ3v) is 6.29. The van der Waals surface area contributed by atoms with Crippen molar-refractivity contribution in [2.45, 2.75) is 51.9 Å². The van der Waals surface area contributed by atoms with E-state index < -0.39 is 12.2 Å². The Balaban J connectivity index is 1.69. The lowest BCUT2D eigenvalue weighted by atomic mass is 10.0. The SMILES string of the molecule is CCN1N=C(C)C(C)N2C3C(=O)N(Cc4ccccc4Cl)C(=O)N(C)C3NC12. The number of carbonyl (C=O) groups excluding carboxylic acids is 2. The van der Waals surface area contributed by atoms with Crippen LogP contribution in [0.25, 0.3) is 0 Å². The van der Waals surface area contributed by atoms with E-state index in [0.717, 1.165) is 11.3 Å². The average Bonchev–Trinajstić information content (AvgIpc) is 3.09. The van der Waals surface area contributed by atoms with Gasteiger partial charge in [-0.05, 0) is 32.4 Å². The van der Waals surface area contributed by atoms with Gasteiger partial charge in [-0.3, -0.25) is 20.0 Å². The molecule has 8 nitrogen and oxygen atoms in total. The maximum atomic E-state index is 13.5. The van der Waals surface area contributed by atoms with Crippen molar-refractivity contribution in [1.29, 1.82) is 0 Å². The molecule has 28 heavy (non-hydrogen) atoms. The Hall–Kier alpha value is -2.16. The average molecular weight is 405 g/mol. The molecular weight excluding hydrogens is 380 g/mol. The van der Waals surface area contributed by atoms with E-state index in [-0.39, 0.29) is 30.8 Å². The molecule has 1 aromatic carbocycles. The molecule has 2 fully saturated rings. The molecule has 9 heteroatoms. The van der Waals surface area contributed by atoms with E-state index in [1.54, 1.807) is 18.0 Å². The number of nitrogens with one attached hydrogen (secondary N) is 1. The van der Waals surface area contributed by atoms with Crippen molar-refractivity contribution >= 4 is 29.3 Å². The van der Waals surface area contributed by atoms with Gasteiger partial charge in [-0.15, -0.1) is 0 Å². The Morgan fingerprint density at radius 3 is 2.64 bits per heavy atom. The van der Waals surface area contributed by atoms with Gasteiger partial charge in [-0.25, -0.2) is 9.69 Å². The predicted octanol–water partition coefficient (Wildman–Crippen LogP) is 1.72. The van der Waals surface area contributed by atoms with Gasteiger partial charge in [0.05, 0.1) is 18.3 Å². The van der Waals surface area contributed by atoms with E-state index in [4.69, 9.17) is 11.6 Å². The second kappa shape index (κ2) is 7.02. The summed E-state index contributed by atoms with van der Waals surface area (Å²) < 4.78 is 0. The van der Waals surface area contributed by atoms with Gasteiger partial charge in [0, 0.05) is 18.6 Å². The highest BCUT2D eigenvalue weighted by Gasteiger charge is 2.57. The fourth-order valence-corrected chi connectivity index (χ4v) is 4.43. The van der Waals surface area contributed by atoms with E-state index in [2.05, 4.69) is 15.3 Å². The van der Waals surface area contributed by atoms with Crippen LogP contribution in [0.4, 0.5) is 4.79 Å². The quantitative estimate of drug-likeness (QED) is 0.830. The number of hydrogen-bond donors (Lipinski definition) is 1. The minimum atomic E-state index is -0.482. The fraction of sp³-hybridized carbons (Fsp3) is 0.526. The summed E-state index contributed by atoms with van der Waals surface area (Å²) in [7, 11) is 1.73. The summed E-state index contributed by atoms with van der Waals surface area (Å²) in [6.45, 7) is 6.90. The number of nitrogens with zero attached hydrogens (tertiary/aromatic N) is 5. The Morgan fingerprint density at radius 2 is 1.96 bits per heavy atom. The van der Waals surface area contributed by atoms with Crippen LogP contribution in [-0.4, -0.2) is 75.5 Å². The van der Waals surface area contributed by atoms with Gasteiger partial charge < -0.3 is 4.90 Å². The highest BCUT2D eigenvalue weighted by Crippen LogP contribution is 2.33. The largest absolute Gasteiger partial charge is 0.328 e. The van der Waals surface area contributed by atoms with Crippen molar-refractivity contribution in [2.75, 3.05) is 13.6 Å². The monoisotopic (exact) mass is 404 g/mol. The maximum Gasteiger partial charge on any atom is 0.328 e. The fourth-order valence-electron chi connectivity index (χ4n) is 4.23. The zero-order valence-corrected chi connectivity index (χ0v) is 17.2. The van der Waals surface area contributed by atoms with Crippen molar-refractivity contribution in [3.05, 3.63) is 34.9 Å². The lowest BCUT2D eigenvalue weighted by Gasteiger charge is -2.44. The topological polar surface area (TPSA) is 71.5 Å². The van der Waals surface area contributed by atoms with Crippen molar-refractivity contribution < 1.29 is 9.59 Å². The van der Waals surface area contributed by atoms with Crippen LogP contribution >= 0.6 is 11.6 Å². The minimum absolute atomic E-state index is 0.0111. The van der Waals surface area contributed by atoms with Crippen LogP contribution in [0.3, 0.4) is 0 Å². The standard InChI is InChI=1S/C19H25ClN6O2/c1-5-25-18-21-16-15(26(18)12(3)11(2)22-25)17(27)24(19(28)23(16)4)10-13-8-6-7-9-14(13)20/h6-9,12,15-16,18,21H,5,10H2,1-4H3. The van der Waals surface area contributed by atoms with E-state index in [1.807, 2.05) is 44.0 Å². The first-order chi connectivity index (χ1) is 13.3. The summed E-state index contributed by atoms with van der Waals surface area (Å²) in [5.41, 5.74) is 1.70. The third kappa shape index (κ3) is 2.78. The summed E-state index contributed by atoms with van der Waals surface area (Å²) in [6, 6.07) is 6.46. The van der Waals surface area contributed by atoms with Gasteiger partial charge in [-0.2, -0.15) is 5.10 Å². The van der Waals surface area contributed by atoms with Crippen LogP contribution < -0.4 is 5.32 Å². The van der Waals surface area contributed by atoms with Gasteiger partial charge in [-0.1, -0.05) is 29.8 Å². The summed E-state index contributed by atoms with van der Waals surface area (Å²) in [5.74, 6) is -0.208. The van der Waals surface area contributed by atoms with Crippen LogP contribution in [0.15, 0.2) is 29.4 Å². The molecule has 150 valence electrons. The first-order valence-electron chi connectivity index (χ1n) is 9.52. The van der Waals surface area contributed by atoms with Gasteiger partial charge in [0.1, 0.15) is 12.2 Å². The maximum absolute atomic E-state index is 13.5. The number of hydrazone groups is 1. The molecule has 3 aliphatic heterocycles. The van der Waals surface area contributed by atoms with Gasteiger partial charge in [0.15, 0.2) is 6.29 Å². The first kappa shape index (κ1) is 19.2. The molecule has 0 spiro atoms. The highest BCUT2D eigenvalue weighted by atomic mass is 35.5. The number of fused-ring (bicyclic) bond motifs is 3. The molecule has 0 bridgehead atoms. The van der Waals surface area contributed by atoms with Crippen LogP contribution in [-0.2, 0) is 11.3 Å². The summed E-state index contributed by atoms with van der Waals surface area (Å²) in [6.07, 6.45) is -0.622. The number of benzene rings is 1. The van der Waals surface area contributed by atoms with Crippen LogP contribution in [0, 0.1) is 0 Å². The van der Waals surface area contributed by atoms with E-state index in [9.17, 15) is 9.59 Å². The second-order valence-electron chi connectivity index (χ2n) is 7.46. The van der Waals surface area contributed by atoms with Crippen molar-refractivity contribution in [2.24, 2.45) is 5.10 Å². The molecule has 4 atom stereocenters. The first-order valence-corrected chi connectivity index (χ1v) is 9.89. The molecular formula is C19H25ClN6O2. The smallest absolute Gasteiger partial charge is 0.310 e. The number of urea groups is 1. The normalized spacial score (nSPS) is 30.5. The number of amides is 3. The van der Waals surface area contributed by atoms with Crippen molar-refractivity contribution in [3.63, 3.8) is 0 Å². The third-order valence-electron chi connectivity index (χ3n) is 5.92. The molecule has 0 aromatic heterocycles. The number of likely N-dealkylation sites (N-methyl/N-ethyl adjacent to an activating group) is 1. The highest BCUT2D eigenvalue weighted by molar-refractivity contribution is 6.31. The van der Waals surface area contributed by atoms with Crippen LogP contribution in [0.2, 0.25) is 5.02 Å².